The molecular weight excluding hydrogens is 744 g/mol. The van der Waals surface area contributed by atoms with Crippen molar-refractivity contribution in [2.45, 2.75) is 173 Å². The molecule has 0 aromatic rings. The molecule has 15 heteroatoms. The molecule has 7 aliphatic rings. The van der Waals surface area contributed by atoms with Gasteiger partial charge in [-0.25, -0.2) is 4.79 Å². The number of rotatable bonds is 8. The molecule has 0 aromatic heterocycles. The van der Waals surface area contributed by atoms with E-state index < -0.39 is 96.9 Å². The predicted octanol–water partition coefficient (Wildman–Crippen LogP) is 1.95. The van der Waals surface area contributed by atoms with E-state index in [9.17, 15) is 55.5 Å². The van der Waals surface area contributed by atoms with Crippen LogP contribution in [0.25, 0.3) is 0 Å². The Morgan fingerprint density at radius 2 is 1.42 bits per heavy atom. The summed E-state index contributed by atoms with van der Waals surface area (Å²) < 4.78 is 23.3. The summed E-state index contributed by atoms with van der Waals surface area (Å²) in [5.74, 6) is -2.09. The molecule has 0 spiro atoms. The quantitative estimate of drug-likeness (QED) is 0.126. The van der Waals surface area contributed by atoms with Gasteiger partial charge in [0.25, 0.3) is 0 Å². The molecular formula is C42H66O15. The number of hydrogen-bond donors (Lipinski definition) is 9. The third-order valence-electron chi connectivity index (χ3n) is 17.4. The van der Waals surface area contributed by atoms with Crippen molar-refractivity contribution in [3.05, 3.63) is 11.6 Å². The van der Waals surface area contributed by atoms with Crippen LogP contribution in [-0.2, 0) is 28.5 Å². The van der Waals surface area contributed by atoms with Gasteiger partial charge in [0.15, 0.2) is 18.7 Å². The number of hydrogen-bond acceptors (Lipinski definition) is 13. The Bertz CT molecular complexity index is 1590. The van der Waals surface area contributed by atoms with Crippen LogP contribution < -0.4 is 0 Å². The van der Waals surface area contributed by atoms with Crippen molar-refractivity contribution in [2.75, 3.05) is 13.2 Å². The number of carboxylic acid groups (broad SMARTS) is 2. The van der Waals surface area contributed by atoms with E-state index >= 15 is 0 Å². The minimum absolute atomic E-state index is 0.0174. The molecule has 0 radical (unpaired) electrons. The SMILES string of the molecule is CC1(C)CC[C@]2(C(=O)O)CCC3(C)C(=CCC4[C@@]5(C)CC[C@H](O[C@@H]6O[C@H](C(=O)O)[C@@H](O)[C@H](O[C@@H]7O[C@H](CO)[C@@H](O)[C@H](O)[C@H]7O)[C@H]6O)[C@@](C)(CO)C5CC[C@]43C)C2C1. The van der Waals surface area contributed by atoms with E-state index in [4.69, 9.17) is 18.9 Å². The lowest BCUT2D eigenvalue weighted by Gasteiger charge is -2.71. The molecule has 0 amide bonds. The van der Waals surface area contributed by atoms with E-state index in [-0.39, 0.29) is 46.0 Å². The zero-order valence-electron chi connectivity index (χ0n) is 34.1. The fraction of sp³-hybridized carbons (Fsp3) is 0.905. The zero-order valence-corrected chi connectivity index (χ0v) is 34.1. The van der Waals surface area contributed by atoms with E-state index in [0.717, 1.165) is 38.5 Å². The van der Waals surface area contributed by atoms with Crippen LogP contribution in [0.4, 0.5) is 0 Å². The van der Waals surface area contributed by atoms with Crippen LogP contribution in [0.1, 0.15) is 106 Å². The van der Waals surface area contributed by atoms with Crippen molar-refractivity contribution >= 4 is 11.9 Å². The highest BCUT2D eigenvalue weighted by Crippen LogP contribution is 2.76. The van der Waals surface area contributed by atoms with E-state index in [1.807, 2.05) is 6.92 Å². The molecule has 324 valence electrons. The summed E-state index contributed by atoms with van der Waals surface area (Å²) in [5.41, 5.74) is -0.836. The summed E-state index contributed by atoms with van der Waals surface area (Å²) in [7, 11) is 0. The van der Waals surface area contributed by atoms with Gasteiger partial charge in [0, 0.05) is 5.41 Å². The highest BCUT2D eigenvalue weighted by molar-refractivity contribution is 5.76. The second-order valence-corrected chi connectivity index (χ2v) is 20.5. The minimum Gasteiger partial charge on any atom is -0.481 e. The van der Waals surface area contributed by atoms with Gasteiger partial charge in [-0.05, 0) is 104 Å². The van der Waals surface area contributed by atoms with Crippen LogP contribution in [0.5, 0.6) is 0 Å². The smallest absolute Gasteiger partial charge is 0.335 e. The summed E-state index contributed by atoms with van der Waals surface area (Å²) in [6.45, 7) is 12.6. The van der Waals surface area contributed by atoms with Gasteiger partial charge >= 0.3 is 11.9 Å². The number of allylic oxidation sites excluding steroid dienone is 2. The van der Waals surface area contributed by atoms with Gasteiger partial charge in [-0.2, -0.15) is 0 Å². The molecule has 4 saturated carbocycles. The first-order valence-corrected chi connectivity index (χ1v) is 21.0. The first kappa shape index (κ1) is 43.3. The van der Waals surface area contributed by atoms with Crippen LogP contribution in [0, 0.1) is 50.2 Å². The summed E-state index contributed by atoms with van der Waals surface area (Å²) in [6.07, 6.45) is -8.58. The highest BCUT2D eigenvalue weighted by atomic mass is 16.7. The first-order valence-electron chi connectivity index (χ1n) is 21.0. The van der Waals surface area contributed by atoms with Gasteiger partial charge in [0.1, 0.15) is 42.7 Å². The van der Waals surface area contributed by atoms with Crippen LogP contribution >= 0.6 is 0 Å². The lowest BCUT2D eigenvalue weighted by Crippen LogP contribution is -2.68. The Morgan fingerprint density at radius 3 is 2.05 bits per heavy atom. The average molecular weight is 811 g/mol. The van der Waals surface area contributed by atoms with Crippen LogP contribution in [0.2, 0.25) is 0 Å². The van der Waals surface area contributed by atoms with Crippen LogP contribution in [-0.4, -0.2) is 139 Å². The van der Waals surface area contributed by atoms with E-state index in [1.54, 1.807) is 0 Å². The number of carbonyl (C=O) groups is 2. The predicted molar refractivity (Wildman–Crippen MR) is 200 cm³/mol. The highest BCUT2D eigenvalue weighted by Gasteiger charge is 2.70. The van der Waals surface area contributed by atoms with Crippen LogP contribution in [0.15, 0.2) is 11.6 Å². The molecule has 9 N–H and O–H groups in total. The molecule has 0 bridgehead atoms. The molecule has 6 fully saturated rings. The summed E-state index contributed by atoms with van der Waals surface area (Å²) in [4.78, 5) is 25.4. The van der Waals surface area contributed by atoms with Gasteiger partial charge in [-0.15, -0.1) is 0 Å². The lowest BCUT2D eigenvalue weighted by atomic mass is 9.33. The van der Waals surface area contributed by atoms with Crippen molar-refractivity contribution < 1.29 is 74.5 Å². The fourth-order valence-electron chi connectivity index (χ4n) is 13.7. The topological polar surface area (TPSA) is 253 Å². The average Bonchev–Trinajstić information content (AvgIpc) is 3.15. The number of ether oxygens (including phenoxy) is 4. The Hall–Kier alpha value is -1.76. The molecule has 19 atom stereocenters. The Morgan fingerprint density at radius 1 is 0.754 bits per heavy atom. The van der Waals surface area contributed by atoms with E-state index in [0.29, 0.717) is 25.7 Å². The van der Waals surface area contributed by atoms with Crippen molar-refractivity contribution in [1.29, 1.82) is 0 Å². The standard InChI is InChI=1S/C42H66O15/c1-37(2)13-15-42(36(52)53)16-14-40(5)20(21(42)17-37)7-8-24-38(3)11-10-25(39(4,19-44)23(38)9-12-41(24,40)6)55-35-30(49)31(29(48)32(57-35)33(50)51)56-34-28(47)27(46)26(45)22(18-43)54-34/h7,21-32,34-35,43-49H,8-19H2,1-6H3,(H,50,51)(H,52,53)/t21?,22-,23?,24?,25+,26-,27+,28-,29+,30-,31+,32+,34+,35-,38+,39+,40?,41-,42+/m1/s1. The number of aliphatic carboxylic acids is 2. The Labute approximate surface area is 334 Å². The molecule has 7 rings (SSSR count). The van der Waals surface area contributed by atoms with Crippen molar-refractivity contribution in [3.8, 4) is 0 Å². The first-order chi connectivity index (χ1) is 26.5. The number of fused-ring (bicyclic) bond motifs is 7. The van der Waals surface area contributed by atoms with Crippen molar-refractivity contribution in [3.63, 3.8) is 0 Å². The second kappa shape index (κ2) is 14.7. The largest absolute Gasteiger partial charge is 0.481 e. The molecule has 4 unspecified atom stereocenters. The maximum absolute atomic E-state index is 13.1. The summed E-state index contributed by atoms with van der Waals surface area (Å²) >= 11 is 0. The zero-order chi connectivity index (χ0) is 41.8. The number of aliphatic hydroxyl groups is 7. The molecule has 2 heterocycles. The summed E-state index contributed by atoms with van der Waals surface area (Å²) in [6, 6.07) is 0. The number of carboxylic acids is 2. The lowest BCUT2D eigenvalue weighted by molar-refractivity contribution is -0.366. The third kappa shape index (κ3) is 6.39. The van der Waals surface area contributed by atoms with Gasteiger partial charge in [-0.1, -0.05) is 53.2 Å². The van der Waals surface area contributed by atoms with Gasteiger partial charge in [-0.3, -0.25) is 4.79 Å². The van der Waals surface area contributed by atoms with Gasteiger partial charge in [0.05, 0.1) is 24.7 Å². The minimum atomic E-state index is -1.98. The van der Waals surface area contributed by atoms with Gasteiger partial charge < -0.3 is 64.9 Å². The van der Waals surface area contributed by atoms with E-state index in [2.05, 4.69) is 40.7 Å². The molecule has 57 heavy (non-hydrogen) atoms. The molecule has 2 saturated heterocycles. The van der Waals surface area contributed by atoms with Crippen LogP contribution in [0.3, 0.4) is 0 Å². The molecule has 0 aromatic carbocycles. The molecule has 2 aliphatic heterocycles. The molecule has 15 nitrogen and oxygen atoms in total. The van der Waals surface area contributed by atoms with Crippen molar-refractivity contribution in [2.24, 2.45) is 50.2 Å². The maximum atomic E-state index is 13.1. The van der Waals surface area contributed by atoms with Crippen molar-refractivity contribution in [1.82, 2.24) is 0 Å². The number of aliphatic hydroxyl groups excluding tert-OH is 7. The van der Waals surface area contributed by atoms with E-state index in [1.165, 1.54) is 5.57 Å². The second-order valence-electron chi connectivity index (χ2n) is 20.5. The maximum Gasteiger partial charge on any atom is 0.335 e. The normalized spacial score (nSPS) is 53.3. The Balaban J connectivity index is 1.15. The fourth-order valence-corrected chi connectivity index (χ4v) is 13.7. The summed E-state index contributed by atoms with van der Waals surface area (Å²) in [5, 5.41) is 95.4. The molecule has 5 aliphatic carbocycles. The monoisotopic (exact) mass is 810 g/mol. The third-order valence-corrected chi connectivity index (χ3v) is 17.4. The Kier molecular flexibility index (Phi) is 11.2. The van der Waals surface area contributed by atoms with Gasteiger partial charge in [0.2, 0.25) is 0 Å².